The van der Waals surface area contributed by atoms with E-state index in [2.05, 4.69) is 19.1 Å². The van der Waals surface area contributed by atoms with E-state index in [1.54, 1.807) is 11.3 Å². The maximum atomic E-state index is 6.24. The molecule has 88 valence electrons. The van der Waals surface area contributed by atoms with Crippen LogP contribution in [0.5, 0.6) is 11.5 Å². The van der Waals surface area contributed by atoms with Gasteiger partial charge >= 0.3 is 0 Å². The summed E-state index contributed by atoms with van der Waals surface area (Å²) in [5.41, 5.74) is 7.29. The summed E-state index contributed by atoms with van der Waals surface area (Å²) in [5.74, 6) is 1.58. The molecular formula is C13H13NO2S. The van der Waals surface area contributed by atoms with Crippen molar-refractivity contribution in [3.63, 3.8) is 0 Å². The number of nitrogens with two attached hydrogens (primary N) is 1. The van der Waals surface area contributed by atoms with Crippen molar-refractivity contribution < 1.29 is 9.47 Å². The van der Waals surface area contributed by atoms with Gasteiger partial charge in [0, 0.05) is 9.75 Å². The Morgan fingerprint density at radius 3 is 2.76 bits per heavy atom. The molecule has 3 rings (SSSR count). The van der Waals surface area contributed by atoms with Crippen LogP contribution in [-0.2, 0) is 0 Å². The van der Waals surface area contributed by atoms with Gasteiger partial charge in [0.15, 0.2) is 11.5 Å². The Balaban J connectivity index is 1.94. The van der Waals surface area contributed by atoms with Crippen LogP contribution in [0.2, 0.25) is 0 Å². The second kappa shape index (κ2) is 4.05. The molecule has 0 saturated carbocycles. The van der Waals surface area contributed by atoms with E-state index >= 15 is 0 Å². The monoisotopic (exact) mass is 247 g/mol. The molecule has 0 bridgehead atoms. The first-order valence-corrected chi connectivity index (χ1v) is 6.27. The van der Waals surface area contributed by atoms with E-state index in [1.165, 1.54) is 9.75 Å². The van der Waals surface area contributed by atoms with E-state index in [9.17, 15) is 0 Å². The molecule has 0 saturated heterocycles. The van der Waals surface area contributed by atoms with Gasteiger partial charge in [0.25, 0.3) is 0 Å². The van der Waals surface area contributed by atoms with Gasteiger partial charge in [-0.2, -0.15) is 0 Å². The first kappa shape index (κ1) is 10.6. The summed E-state index contributed by atoms with van der Waals surface area (Å²) in [6, 6.07) is 9.94. The molecule has 0 aliphatic carbocycles. The molecule has 2 aromatic rings. The number of fused-ring (bicyclic) bond motifs is 1. The molecule has 2 heterocycles. The van der Waals surface area contributed by atoms with Gasteiger partial charge in [-0.05, 0) is 36.8 Å². The number of hydrogen-bond acceptors (Lipinski definition) is 4. The first-order valence-electron chi connectivity index (χ1n) is 5.45. The number of ether oxygens (including phenoxy) is 2. The second-order valence-electron chi connectivity index (χ2n) is 4.04. The molecule has 3 nitrogen and oxygen atoms in total. The average Bonchev–Trinajstić information content (AvgIpc) is 2.95. The predicted molar refractivity (Wildman–Crippen MR) is 67.7 cm³/mol. The molecule has 1 atom stereocenters. The molecule has 1 unspecified atom stereocenters. The minimum atomic E-state index is -0.0943. The highest BCUT2D eigenvalue weighted by Gasteiger charge is 2.17. The van der Waals surface area contributed by atoms with E-state index in [0.717, 1.165) is 17.1 Å². The zero-order chi connectivity index (χ0) is 11.8. The van der Waals surface area contributed by atoms with Gasteiger partial charge in [0.05, 0.1) is 6.04 Å². The van der Waals surface area contributed by atoms with E-state index in [1.807, 2.05) is 18.2 Å². The highest BCUT2D eigenvalue weighted by molar-refractivity contribution is 7.12. The van der Waals surface area contributed by atoms with Crippen molar-refractivity contribution in [2.24, 2.45) is 5.73 Å². The fraction of sp³-hybridized carbons (Fsp3) is 0.231. The van der Waals surface area contributed by atoms with Crippen molar-refractivity contribution in [3.05, 3.63) is 45.6 Å². The number of hydrogen-bond donors (Lipinski definition) is 1. The quantitative estimate of drug-likeness (QED) is 0.887. The molecule has 1 aliphatic heterocycles. The second-order valence-corrected chi connectivity index (χ2v) is 5.36. The summed E-state index contributed by atoms with van der Waals surface area (Å²) in [6.07, 6.45) is 0. The molecule has 4 heteroatoms. The lowest BCUT2D eigenvalue weighted by molar-refractivity contribution is 0.174. The van der Waals surface area contributed by atoms with Crippen molar-refractivity contribution >= 4 is 11.3 Å². The zero-order valence-electron chi connectivity index (χ0n) is 9.47. The Morgan fingerprint density at radius 1 is 1.18 bits per heavy atom. The van der Waals surface area contributed by atoms with Crippen molar-refractivity contribution in [1.29, 1.82) is 0 Å². The van der Waals surface area contributed by atoms with Crippen LogP contribution in [0.4, 0.5) is 0 Å². The Bertz CT molecular complexity index is 550. The smallest absolute Gasteiger partial charge is 0.231 e. The fourth-order valence-electron chi connectivity index (χ4n) is 1.89. The summed E-state index contributed by atoms with van der Waals surface area (Å²) >= 11 is 1.73. The number of rotatable bonds is 2. The minimum Gasteiger partial charge on any atom is -0.454 e. The Hall–Kier alpha value is -1.52. The molecule has 0 spiro atoms. The summed E-state index contributed by atoms with van der Waals surface area (Å²) in [5, 5.41) is 0. The van der Waals surface area contributed by atoms with E-state index in [4.69, 9.17) is 15.2 Å². The van der Waals surface area contributed by atoms with E-state index in [0.29, 0.717) is 6.79 Å². The summed E-state index contributed by atoms with van der Waals surface area (Å²) in [7, 11) is 0. The van der Waals surface area contributed by atoms with Crippen LogP contribution < -0.4 is 15.2 Å². The zero-order valence-corrected chi connectivity index (χ0v) is 10.3. The molecule has 0 fully saturated rings. The normalized spacial score (nSPS) is 14.9. The summed E-state index contributed by atoms with van der Waals surface area (Å²) in [4.78, 5) is 2.44. The van der Waals surface area contributed by atoms with Crippen LogP contribution >= 0.6 is 11.3 Å². The largest absolute Gasteiger partial charge is 0.454 e. The molecule has 2 N–H and O–H groups in total. The van der Waals surface area contributed by atoms with Crippen LogP contribution in [0.3, 0.4) is 0 Å². The van der Waals surface area contributed by atoms with Crippen molar-refractivity contribution in [2.75, 3.05) is 6.79 Å². The van der Waals surface area contributed by atoms with Gasteiger partial charge in [0.1, 0.15) is 0 Å². The SMILES string of the molecule is Cc1ccc(C(N)c2ccc3c(c2)OCO3)s1. The molecule has 1 aliphatic rings. The van der Waals surface area contributed by atoms with Gasteiger partial charge in [-0.3, -0.25) is 0 Å². The molecule has 0 amide bonds. The minimum absolute atomic E-state index is 0.0943. The topological polar surface area (TPSA) is 44.5 Å². The third-order valence-electron chi connectivity index (χ3n) is 2.82. The van der Waals surface area contributed by atoms with Gasteiger partial charge in [-0.15, -0.1) is 11.3 Å². The van der Waals surface area contributed by atoms with E-state index < -0.39 is 0 Å². The van der Waals surface area contributed by atoms with Crippen molar-refractivity contribution in [3.8, 4) is 11.5 Å². The lowest BCUT2D eigenvalue weighted by Crippen LogP contribution is -2.09. The Labute approximate surface area is 104 Å². The lowest BCUT2D eigenvalue weighted by Gasteiger charge is -2.10. The lowest BCUT2D eigenvalue weighted by atomic mass is 10.1. The molecule has 0 radical (unpaired) electrons. The maximum absolute atomic E-state index is 6.24. The van der Waals surface area contributed by atoms with Crippen LogP contribution in [-0.4, -0.2) is 6.79 Å². The molecular weight excluding hydrogens is 234 g/mol. The first-order chi connectivity index (χ1) is 8.24. The third-order valence-corrected chi connectivity index (χ3v) is 3.91. The number of benzene rings is 1. The van der Waals surface area contributed by atoms with Crippen LogP contribution in [0, 0.1) is 6.92 Å². The summed E-state index contributed by atoms with van der Waals surface area (Å²) in [6.45, 7) is 2.38. The van der Waals surface area contributed by atoms with Gasteiger partial charge in [-0.25, -0.2) is 0 Å². The van der Waals surface area contributed by atoms with Crippen LogP contribution in [0.15, 0.2) is 30.3 Å². The Morgan fingerprint density at radius 2 is 2.00 bits per heavy atom. The van der Waals surface area contributed by atoms with Gasteiger partial charge in [-0.1, -0.05) is 6.07 Å². The number of aryl methyl sites for hydroxylation is 1. The standard InChI is InChI=1S/C13H13NO2S/c1-8-2-5-12(17-8)13(14)9-3-4-10-11(6-9)16-7-15-10/h2-6,13H,7,14H2,1H3. The van der Waals surface area contributed by atoms with Gasteiger partial charge in [0.2, 0.25) is 6.79 Å². The molecule has 17 heavy (non-hydrogen) atoms. The van der Waals surface area contributed by atoms with Crippen molar-refractivity contribution in [1.82, 2.24) is 0 Å². The average molecular weight is 247 g/mol. The maximum Gasteiger partial charge on any atom is 0.231 e. The highest BCUT2D eigenvalue weighted by Crippen LogP contribution is 2.36. The third kappa shape index (κ3) is 1.90. The highest BCUT2D eigenvalue weighted by atomic mass is 32.1. The van der Waals surface area contributed by atoms with E-state index in [-0.39, 0.29) is 6.04 Å². The van der Waals surface area contributed by atoms with Crippen LogP contribution in [0.1, 0.15) is 21.4 Å². The fourth-order valence-corrected chi connectivity index (χ4v) is 2.80. The summed E-state index contributed by atoms with van der Waals surface area (Å²) < 4.78 is 10.6. The number of thiophene rings is 1. The molecule has 1 aromatic heterocycles. The van der Waals surface area contributed by atoms with Crippen LogP contribution in [0.25, 0.3) is 0 Å². The predicted octanol–water partition coefficient (Wildman–Crippen LogP) is 2.83. The Kier molecular flexibility index (Phi) is 2.53. The van der Waals surface area contributed by atoms with Gasteiger partial charge < -0.3 is 15.2 Å². The van der Waals surface area contributed by atoms with Crippen molar-refractivity contribution in [2.45, 2.75) is 13.0 Å². The molecule has 1 aromatic carbocycles.